The Bertz CT molecular complexity index is 449. The molecule has 0 aliphatic heterocycles. The van der Waals surface area contributed by atoms with Crippen LogP contribution in [0.4, 0.5) is 5.69 Å². The highest BCUT2D eigenvalue weighted by atomic mass is 79.9. The van der Waals surface area contributed by atoms with Crippen molar-refractivity contribution in [2.45, 2.75) is 13.3 Å². The van der Waals surface area contributed by atoms with Gasteiger partial charge in [-0.15, -0.1) is 0 Å². The summed E-state index contributed by atoms with van der Waals surface area (Å²) in [4.78, 5) is 0. The number of sulfonamides is 1. The molecule has 0 atom stereocenters. The number of anilines is 1. The minimum absolute atomic E-state index is 0.126. The van der Waals surface area contributed by atoms with Crippen LogP contribution in [0.2, 0.25) is 0 Å². The van der Waals surface area contributed by atoms with Gasteiger partial charge in [0, 0.05) is 4.47 Å². The van der Waals surface area contributed by atoms with Crippen molar-refractivity contribution < 1.29 is 8.42 Å². The van der Waals surface area contributed by atoms with Crippen LogP contribution >= 0.6 is 15.9 Å². The second kappa shape index (κ2) is 6.98. The van der Waals surface area contributed by atoms with Gasteiger partial charge in [0.05, 0.1) is 11.4 Å². The third kappa shape index (κ3) is 5.52. The maximum atomic E-state index is 11.8. The van der Waals surface area contributed by atoms with Gasteiger partial charge in [-0.2, -0.15) is 0 Å². The van der Waals surface area contributed by atoms with Gasteiger partial charge in [-0.3, -0.25) is 4.72 Å². The lowest BCUT2D eigenvalue weighted by Crippen LogP contribution is -2.22. The van der Waals surface area contributed by atoms with Gasteiger partial charge in [-0.1, -0.05) is 19.1 Å². The van der Waals surface area contributed by atoms with Crippen molar-refractivity contribution in [1.29, 1.82) is 0 Å². The van der Waals surface area contributed by atoms with Gasteiger partial charge >= 0.3 is 0 Å². The highest BCUT2D eigenvalue weighted by molar-refractivity contribution is 9.10. The van der Waals surface area contributed by atoms with E-state index in [-0.39, 0.29) is 5.75 Å². The van der Waals surface area contributed by atoms with E-state index in [1.54, 1.807) is 18.2 Å². The summed E-state index contributed by atoms with van der Waals surface area (Å²) in [5.74, 6) is 0.126. The number of hydrogen-bond donors (Lipinski definition) is 2. The van der Waals surface area contributed by atoms with Crippen LogP contribution in [0.5, 0.6) is 0 Å². The second-order valence-electron chi connectivity index (χ2n) is 3.61. The van der Waals surface area contributed by atoms with Crippen LogP contribution in [0, 0.1) is 0 Å². The zero-order valence-corrected chi connectivity index (χ0v) is 12.1. The molecule has 1 aromatic carbocycles. The molecular formula is C11H17BrN2O2S. The Hall–Kier alpha value is -0.590. The van der Waals surface area contributed by atoms with Gasteiger partial charge in [0.15, 0.2) is 0 Å². The number of halogens is 1. The van der Waals surface area contributed by atoms with Crippen LogP contribution in [0.25, 0.3) is 0 Å². The monoisotopic (exact) mass is 320 g/mol. The van der Waals surface area contributed by atoms with Gasteiger partial charge in [0.1, 0.15) is 0 Å². The molecule has 0 fully saturated rings. The molecule has 17 heavy (non-hydrogen) atoms. The fourth-order valence-electron chi connectivity index (χ4n) is 1.33. The fraction of sp³-hybridized carbons (Fsp3) is 0.455. The average molecular weight is 321 g/mol. The van der Waals surface area contributed by atoms with E-state index in [2.05, 4.69) is 26.0 Å². The molecule has 6 heteroatoms. The van der Waals surface area contributed by atoms with Crippen LogP contribution < -0.4 is 10.0 Å². The molecular weight excluding hydrogens is 304 g/mol. The molecule has 96 valence electrons. The fourth-order valence-corrected chi connectivity index (χ4v) is 2.98. The highest BCUT2D eigenvalue weighted by Gasteiger charge is 2.11. The third-order valence-corrected chi connectivity index (χ3v) is 4.20. The zero-order valence-electron chi connectivity index (χ0n) is 9.74. The van der Waals surface area contributed by atoms with Gasteiger partial charge < -0.3 is 5.32 Å². The van der Waals surface area contributed by atoms with E-state index in [1.165, 1.54) is 0 Å². The summed E-state index contributed by atoms with van der Waals surface area (Å²) >= 11 is 3.30. The van der Waals surface area contributed by atoms with Gasteiger partial charge in [-0.25, -0.2) is 8.42 Å². The van der Waals surface area contributed by atoms with Crippen LogP contribution in [-0.2, 0) is 10.0 Å². The minimum Gasteiger partial charge on any atom is -0.317 e. The molecule has 0 aliphatic rings. The van der Waals surface area contributed by atoms with Crippen molar-refractivity contribution in [3.63, 3.8) is 0 Å². The molecule has 1 rings (SSSR count). The van der Waals surface area contributed by atoms with Crippen molar-refractivity contribution in [2.75, 3.05) is 23.6 Å². The van der Waals surface area contributed by atoms with E-state index >= 15 is 0 Å². The molecule has 0 saturated heterocycles. The molecule has 2 N–H and O–H groups in total. The molecule has 4 nitrogen and oxygen atoms in total. The first-order chi connectivity index (χ1) is 8.05. The summed E-state index contributed by atoms with van der Waals surface area (Å²) in [6, 6.07) is 7.16. The first kappa shape index (κ1) is 14.5. The summed E-state index contributed by atoms with van der Waals surface area (Å²) in [6.45, 7) is 3.57. The smallest absolute Gasteiger partial charge is 0.232 e. The van der Waals surface area contributed by atoms with Crippen molar-refractivity contribution in [2.24, 2.45) is 0 Å². The van der Waals surface area contributed by atoms with Crippen LogP contribution in [0.15, 0.2) is 28.7 Å². The van der Waals surface area contributed by atoms with Crippen molar-refractivity contribution >= 4 is 31.6 Å². The summed E-state index contributed by atoms with van der Waals surface area (Å²) in [6.07, 6.45) is 0.605. The van der Waals surface area contributed by atoms with Crippen LogP contribution in [0.1, 0.15) is 13.3 Å². The predicted molar refractivity (Wildman–Crippen MR) is 74.7 cm³/mol. The van der Waals surface area contributed by atoms with Crippen molar-refractivity contribution in [3.05, 3.63) is 28.7 Å². The Balaban J connectivity index is 2.52. The zero-order chi connectivity index (χ0) is 12.7. The Labute approximate surface area is 111 Å². The lowest BCUT2D eigenvalue weighted by molar-refractivity contribution is 0.595. The molecule has 0 heterocycles. The Morgan fingerprint density at radius 1 is 1.29 bits per heavy atom. The molecule has 0 unspecified atom stereocenters. The first-order valence-corrected chi connectivity index (χ1v) is 7.95. The van der Waals surface area contributed by atoms with E-state index in [9.17, 15) is 8.42 Å². The largest absolute Gasteiger partial charge is 0.317 e. The van der Waals surface area contributed by atoms with Crippen LogP contribution in [-0.4, -0.2) is 27.3 Å². The third-order valence-electron chi connectivity index (χ3n) is 2.16. The van der Waals surface area contributed by atoms with E-state index in [1.807, 2.05) is 13.0 Å². The quantitative estimate of drug-likeness (QED) is 0.757. The molecule has 0 aromatic heterocycles. The second-order valence-corrected chi connectivity index (χ2v) is 6.30. The topological polar surface area (TPSA) is 58.2 Å². The van der Waals surface area contributed by atoms with Gasteiger partial charge in [0.25, 0.3) is 0 Å². The highest BCUT2D eigenvalue weighted by Crippen LogP contribution is 2.22. The molecule has 1 aromatic rings. The van der Waals surface area contributed by atoms with Crippen molar-refractivity contribution in [1.82, 2.24) is 5.32 Å². The Morgan fingerprint density at radius 3 is 2.65 bits per heavy atom. The molecule has 0 aliphatic carbocycles. The molecule has 0 bridgehead atoms. The molecule has 0 amide bonds. The predicted octanol–water partition coefficient (Wildman–Crippen LogP) is 2.19. The molecule has 0 spiro atoms. The lowest BCUT2D eigenvalue weighted by atomic mass is 10.3. The van der Waals surface area contributed by atoms with Gasteiger partial charge in [0.2, 0.25) is 10.0 Å². The normalized spacial score (nSPS) is 11.4. The van der Waals surface area contributed by atoms with Crippen molar-refractivity contribution in [3.8, 4) is 0 Å². The van der Waals surface area contributed by atoms with E-state index in [0.29, 0.717) is 18.7 Å². The number of rotatable bonds is 7. The average Bonchev–Trinajstić information content (AvgIpc) is 2.28. The van der Waals surface area contributed by atoms with Crippen LogP contribution in [0.3, 0.4) is 0 Å². The van der Waals surface area contributed by atoms with Gasteiger partial charge in [-0.05, 0) is 47.6 Å². The lowest BCUT2D eigenvalue weighted by Gasteiger charge is -2.09. The Morgan fingerprint density at radius 2 is 2.00 bits per heavy atom. The van der Waals surface area contributed by atoms with E-state index < -0.39 is 10.0 Å². The maximum Gasteiger partial charge on any atom is 0.232 e. The van der Waals surface area contributed by atoms with E-state index in [0.717, 1.165) is 11.0 Å². The molecule has 0 saturated carbocycles. The standard InChI is InChI=1S/C11H17BrN2O2S/c1-2-13-8-5-9-17(15,16)14-11-7-4-3-6-10(11)12/h3-4,6-7,13-14H,2,5,8-9H2,1H3. The number of benzene rings is 1. The summed E-state index contributed by atoms with van der Waals surface area (Å²) in [5, 5.41) is 3.09. The summed E-state index contributed by atoms with van der Waals surface area (Å²) < 4.78 is 26.8. The summed E-state index contributed by atoms with van der Waals surface area (Å²) in [7, 11) is -3.26. The number of nitrogens with one attached hydrogen (secondary N) is 2. The number of hydrogen-bond acceptors (Lipinski definition) is 3. The minimum atomic E-state index is -3.26. The number of para-hydroxylation sites is 1. The molecule has 0 radical (unpaired) electrons. The van der Waals surface area contributed by atoms with E-state index in [4.69, 9.17) is 0 Å². The SMILES string of the molecule is CCNCCCS(=O)(=O)Nc1ccccc1Br. The maximum absolute atomic E-state index is 11.8. The Kier molecular flexibility index (Phi) is 5.94. The first-order valence-electron chi connectivity index (χ1n) is 5.51. The summed E-state index contributed by atoms with van der Waals surface area (Å²) in [5.41, 5.74) is 0.580.